The zero-order valence-electron chi connectivity index (χ0n) is 7.70. The summed E-state index contributed by atoms with van der Waals surface area (Å²) in [6.07, 6.45) is 1.59. The molecule has 0 aromatic carbocycles. The number of carbonyl (C=O) groups excluding carboxylic acids is 1. The zero-order chi connectivity index (χ0) is 9.84. The minimum absolute atomic E-state index is 0.111. The second kappa shape index (κ2) is 3.85. The topological polar surface area (TPSA) is 39.2 Å². The van der Waals surface area contributed by atoms with Crippen molar-refractivity contribution in [1.29, 1.82) is 0 Å². The Bertz CT molecular complexity index is 345. The van der Waals surface area contributed by atoms with Gasteiger partial charge in [0, 0.05) is 6.92 Å². The van der Waals surface area contributed by atoms with Crippen molar-refractivity contribution in [3.63, 3.8) is 0 Å². The van der Waals surface area contributed by atoms with E-state index in [0.717, 1.165) is 0 Å². The van der Waals surface area contributed by atoms with E-state index in [1.807, 2.05) is 0 Å². The Kier molecular flexibility index (Phi) is 2.80. The molecule has 0 aliphatic heterocycles. The van der Waals surface area contributed by atoms with Gasteiger partial charge in [-0.05, 0) is 18.2 Å². The summed E-state index contributed by atoms with van der Waals surface area (Å²) in [7, 11) is 1.51. The van der Waals surface area contributed by atoms with Crippen LogP contribution in [0.2, 0.25) is 0 Å². The Labute approximate surface area is 77.1 Å². The molecule has 1 aromatic heterocycles. The molecule has 68 valence electrons. The highest BCUT2D eigenvalue weighted by Gasteiger charge is 2.09. The smallest absolute Gasteiger partial charge is 0.181 e. The largest absolute Gasteiger partial charge is 0.494 e. The number of aromatic nitrogens is 1. The van der Waals surface area contributed by atoms with Crippen molar-refractivity contribution in [3.05, 3.63) is 30.1 Å². The van der Waals surface area contributed by atoms with E-state index >= 15 is 0 Å². The lowest BCUT2D eigenvalue weighted by atomic mass is 10.2. The van der Waals surface area contributed by atoms with Crippen molar-refractivity contribution < 1.29 is 9.53 Å². The van der Waals surface area contributed by atoms with Gasteiger partial charge in [-0.1, -0.05) is 6.58 Å². The fourth-order valence-electron chi connectivity index (χ4n) is 0.992. The predicted octanol–water partition coefficient (Wildman–Crippen LogP) is 1.94. The number of ketones is 1. The van der Waals surface area contributed by atoms with Gasteiger partial charge in [0.1, 0.15) is 11.4 Å². The highest BCUT2D eigenvalue weighted by Crippen LogP contribution is 2.17. The van der Waals surface area contributed by atoms with E-state index in [1.54, 1.807) is 18.2 Å². The van der Waals surface area contributed by atoms with Gasteiger partial charge in [0.05, 0.1) is 12.8 Å². The van der Waals surface area contributed by atoms with E-state index < -0.39 is 0 Å². The number of carbonyl (C=O) groups is 1. The third-order valence-corrected chi connectivity index (χ3v) is 1.64. The van der Waals surface area contributed by atoms with E-state index in [0.29, 0.717) is 17.1 Å². The Morgan fingerprint density at radius 3 is 2.77 bits per heavy atom. The van der Waals surface area contributed by atoms with Crippen LogP contribution in [-0.2, 0) is 0 Å². The highest BCUT2D eigenvalue weighted by molar-refractivity contribution is 5.95. The van der Waals surface area contributed by atoms with Crippen LogP contribution in [0.5, 0.6) is 5.75 Å². The molecule has 0 amide bonds. The Balaban J connectivity index is 3.25. The average molecular weight is 177 g/mol. The molecule has 0 N–H and O–H groups in total. The average Bonchev–Trinajstić information content (AvgIpc) is 2.16. The van der Waals surface area contributed by atoms with E-state index in [-0.39, 0.29) is 5.78 Å². The second-order valence-electron chi connectivity index (χ2n) is 2.55. The highest BCUT2D eigenvalue weighted by atomic mass is 16.5. The first-order chi connectivity index (χ1) is 6.19. The van der Waals surface area contributed by atoms with Crippen LogP contribution >= 0.6 is 0 Å². The summed E-state index contributed by atoms with van der Waals surface area (Å²) in [5.41, 5.74) is 1.02. The number of hydrogen-bond acceptors (Lipinski definition) is 3. The van der Waals surface area contributed by atoms with E-state index in [9.17, 15) is 4.79 Å². The number of Topliss-reactive ketones (excluding diaryl/α,β-unsaturated/α-hetero) is 1. The summed E-state index contributed by atoms with van der Waals surface area (Å²) < 4.78 is 4.99. The Morgan fingerprint density at radius 2 is 2.31 bits per heavy atom. The monoisotopic (exact) mass is 177 g/mol. The van der Waals surface area contributed by atoms with Crippen LogP contribution in [-0.4, -0.2) is 17.9 Å². The van der Waals surface area contributed by atoms with Crippen LogP contribution in [0.1, 0.15) is 23.1 Å². The van der Waals surface area contributed by atoms with Crippen LogP contribution in [0, 0.1) is 0 Å². The van der Waals surface area contributed by atoms with Crippen LogP contribution in [0.25, 0.3) is 6.08 Å². The normalized spacial score (nSPS) is 9.38. The summed E-state index contributed by atoms with van der Waals surface area (Å²) in [6, 6.07) is 3.46. The quantitative estimate of drug-likeness (QED) is 0.662. The molecule has 1 aromatic rings. The second-order valence-corrected chi connectivity index (χ2v) is 2.55. The lowest BCUT2D eigenvalue weighted by molar-refractivity contribution is 0.101. The zero-order valence-corrected chi connectivity index (χ0v) is 7.70. The van der Waals surface area contributed by atoms with Gasteiger partial charge >= 0.3 is 0 Å². The molecule has 0 radical (unpaired) electrons. The number of nitrogens with zero attached hydrogens (tertiary/aromatic N) is 1. The van der Waals surface area contributed by atoms with Crippen molar-refractivity contribution >= 4 is 11.9 Å². The standard InChI is InChI=1S/C10H11NO2/c1-4-8-5-6-9(13-3)10(11-8)7(2)12/h4-6H,1H2,2-3H3. The maximum atomic E-state index is 11.1. The van der Waals surface area contributed by atoms with Gasteiger partial charge < -0.3 is 4.74 Å². The minimum atomic E-state index is -0.111. The van der Waals surface area contributed by atoms with E-state index in [1.165, 1.54) is 14.0 Å². The number of pyridine rings is 1. The summed E-state index contributed by atoms with van der Waals surface area (Å²) in [4.78, 5) is 15.2. The summed E-state index contributed by atoms with van der Waals surface area (Å²) in [5, 5.41) is 0. The molecule has 0 spiro atoms. The lowest BCUT2D eigenvalue weighted by Gasteiger charge is -2.04. The van der Waals surface area contributed by atoms with Crippen molar-refractivity contribution in [2.24, 2.45) is 0 Å². The first-order valence-corrected chi connectivity index (χ1v) is 3.87. The molecule has 3 nitrogen and oxygen atoms in total. The predicted molar refractivity (Wildman–Crippen MR) is 50.9 cm³/mol. The van der Waals surface area contributed by atoms with Gasteiger partial charge in [-0.2, -0.15) is 0 Å². The molecule has 3 heteroatoms. The van der Waals surface area contributed by atoms with Crippen LogP contribution in [0.3, 0.4) is 0 Å². The van der Waals surface area contributed by atoms with Crippen molar-refractivity contribution in [1.82, 2.24) is 4.98 Å². The van der Waals surface area contributed by atoms with Gasteiger partial charge in [0.2, 0.25) is 0 Å². The number of methoxy groups -OCH3 is 1. The number of ether oxygens (including phenoxy) is 1. The molecule has 0 fully saturated rings. The molecule has 0 saturated carbocycles. The first kappa shape index (κ1) is 9.45. The Hall–Kier alpha value is -1.64. The van der Waals surface area contributed by atoms with Gasteiger partial charge in [-0.3, -0.25) is 4.79 Å². The van der Waals surface area contributed by atoms with E-state index in [4.69, 9.17) is 4.74 Å². The molecule has 0 aliphatic carbocycles. The van der Waals surface area contributed by atoms with Crippen LogP contribution in [0.4, 0.5) is 0 Å². The Morgan fingerprint density at radius 1 is 1.62 bits per heavy atom. The molecule has 0 unspecified atom stereocenters. The lowest BCUT2D eigenvalue weighted by Crippen LogP contribution is -2.01. The third kappa shape index (κ3) is 1.93. The third-order valence-electron chi connectivity index (χ3n) is 1.64. The molecular formula is C10H11NO2. The van der Waals surface area contributed by atoms with Crippen LogP contribution in [0.15, 0.2) is 18.7 Å². The fraction of sp³-hybridized carbons (Fsp3) is 0.200. The van der Waals surface area contributed by atoms with Gasteiger partial charge in [-0.25, -0.2) is 4.98 Å². The molecule has 0 saturated heterocycles. The van der Waals surface area contributed by atoms with Crippen molar-refractivity contribution in [2.75, 3.05) is 7.11 Å². The molecule has 1 rings (SSSR count). The van der Waals surface area contributed by atoms with Gasteiger partial charge in [-0.15, -0.1) is 0 Å². The maximum absolute atomic E-state index is 11.1. The number of hydrogen-bond donors (Lipinski definition) is 0. The van der Waals surface area contributed by atoms with Gasteiger partial charge in [0.25, 0.3) is 0 Å². The maximum Gasteiger partial charge on any atom is 0.181 e. The number of rotatable bonds is 3. The summed E-state index contributed by atoms with van der Waals surface area (Å²) in [5.74, 6) is 0.388. The fourth-order valence-corrected chi connectivity index (χ4v) is 0.992. The van der Waals surface area contributed by atoms with Crippen molar-refractivity contribution in [2.45, 2.75) is 6.92 Å². The SMILES string of the molecule is C=Cc1ccc(OC)c(C(C)=O)n1. The molecule has 1 heterocycles. The van der Waals surface area contributed by atoms with Crippen molar-refractivity contribution in [3.8, 4) is 5.75 Å². The summed E-state index contributed by atoms with van der Waals surface area (Å²) in [6.45, 7) is 5.03. The molecule has 0 aliphatic rings. The molecule has 0 bridgehead atoms. The first-order valence-electron chi connectivity index (χ1n) is 3.87. The van der Waals surface area contributed by atoms with Gasteiger partial charge in [0.15, 0.2) is 5.78 Å². The molecular weight excluding hydrogens is 166 g/mol. The molecule has 13 heavy (non-hydrogen) atoms. The minimum Gasteiger partial charge on any atom is -0.494 e. The summed E-state index contributed by atoms with van der Waals surface area (Å²) >= 11 is 0. The van der Waals surface area contributed by atoms with Crippen LogP contribution < -0.4 is 4.74 Å². The molecule has 0 atom stereocenters. The van der Waals surface area contributed by atoms with E-state index in [2.05, 4.69) is 11.6 Å².